The van der Waals surface area contributed by atoms with Crippen molar-refractivity contribution in [2.24, 2.45) is 0 Å². The highest BCUT2D eigenvalue weighted by Crippen LogP contribution is 2.26. The molecule has 1 heterocycles. The van der Waals surface area contributed by atoms with Crippen molar-refractivity contribution in [1.29, 1.82) is 0 Å². The Labute approximate surface area is 85.7 Å². The van der Waals surface area contributed by atoms with Gasteiger partial charge < -0.3 is 4.74 Å². The van der Waals surface area contributed by atoms with Gasteiger partial charge in [-0.1, -0.05) is 11.8 Å². The number of rotatable bonds is 3. The van der Waals surface area contributed by atoms with E-state index in [-0.39, 0.29) is 0 Å². The van der Waals surface area contributed by atoms with Crippen molar-refractivity contribution in [2.75, 3.05) is 7.11 Å². The summed E-state index contributed by atoms with van der Waals surface area (Å²) in [6, 6.07) is 7.81. The van der Waals surface area contributed by atoms with Crippen molar-refractivity contribution in [1.82, 2.24) is 15.4 Å². The molecule has 0 aliphatic carbocycles. The van der Waals surface area contributed by atoms with Gasteiger partial charge in [0.05, 0.1) is 13.3 Å². The number of benzene rings is 1. The van der Waals surface area contributed by atoms with E-state index in [1.807, 2.05) is 24.3 Å². The average molecular weight is 207 g/mol. The lowest BCUT2D eigenvalue weighted by molar-refractivity contribution is 0.414. The highest BCUT2D eigenvalue weighted by atomic mass is 32.2. The number of aromatic amines is 1. The van der Waals surface area contributed by atoms with Crippen LogP contribution >= 0.6 is 11.8 Å². The minimum atomic E-state index is 0.856. The number of nitrogens with one attached hydrogen (secondary N) is 1. The molecule has 0 saturated heterocycles. The highest BCUT2D eigenvalue weighted by Gasteiger charge is 1.99. The largest absolute Gasteiger partial charge is 0.497 e. The van der Waals surface area contributed by atoms with E-state index >= 15 is 0 Å². The summed E-state index contributed by atoms with van der Waals surface area (Å²) in [7, 11) is 1.65. The Morgan fingerprint density at radius 2 is 2.07 bits per heavy atom. The fourth-order valence-electron chi connectivity index (χ4n) is 1.00. The van der Waals surface area contributed by atoms with Gasteiger partial charge in [-0.25, -0.2) is 0 Å². The molecule has 0 radical (unpaired) electrons. The molecule has 72 valence electrons. The van der Waals surface area contributed by atoms with Crippen LogP contribution in [0.1, 0.15) is 0 Å². The molecule has 0 aliphatic heterocycles. The minimum absolute atomic E-state index is 0.856. The third-order valence-corrected chi connectivity index (χ3v) is 2.59. The third-order valence-electron chi connectivity index (χ3n) is 1.67. The number of nitrogens with zero attached hydrogens (tertiary/aromatic N) is 2. The van der Waals surface area contributed by atoms with Gasteiger partial charge in [0.15, 0.2) is 0 Å². The summed E-state index contributed by atoms with van der Waals surface area (Å²) in [5.41, 5.74) is 0. The van der Waals surface area contributed by atoms with Crippen molar-refractivity contribution in [3.8, 4) is 5.75 Å². The molecule has 4 nitrogen and oxygen atoms in total. The summed E-state index contributed by atoms with van der Waals surface area (Å²) >= 11 is 1.55. The second kappa shape index (κ2) is 4.15. The predicted octanol–water partition coefficient (Wildman–Crippen LogP) is 1.96. The van der Waals surface area contributed by atoms with Crippen LogP contribution in [0.25, 0.3) is 0 Å². The zero-order chi connectivity index (χ0) is 9.80. The van der Waals surface area contributed by atoms with Crippen LogP contribution in [0.2, 0.25) is 0 Å². The molecule has 2 aromatic rings. The fraction of sp³-hybridized carbons (Fsp3) is 0.111. The topological polar surface area (TPSA) is 50.8 Å². The van der Waals surface area contributed by atoms with Gasteiger partial charge in [-0.15, -0.1) is 5.10 Å². The predicted molar refractivity (Wildman–Crippen MR) is 53.5 cm³/mol. The van der Waals surface area contributed by atoms with Crippen LogP contribution in [0.5, 0.6) is 5.75 Å². The Morgan fingerprint density at radius 3 is 2.64 bits per heavy atom. The van der Waals surface area contributed by atoms with Crippen LogP contribution in [-0.2, 0) is 0 Å². The first-order valence-electron chi connectivity index (χ1n) is 4.06. The van der Waals surface area contributed by atoms with Crippen molar-refractivity contribution in [3.63, 3.8) is 0 Å². The monoisotopic (exact) mass is 207 g/mol. The van der Waals surface area contributed by atoms with Crippen molar-refractivity contribution < 1.29 is 4.74 Å². The molecule has 0 amide bonds. The summed E-state index contributed by atoms with van der Waals surface area (Å²) in [6.45, 7) is 0. The van der Waals surface area contributed by atoms with Gasteiger partial charge in [-0.3, -0.25) is 0 Å². The SMILES string of the molecule is COc1ccc(Sc2cn[nH]n2)cc1. The number of hydrogen-bond donors (Lipinski definition) is 1. The summed E-state index contributed by atoms with van der Waals surface area (Å²) in [5.74, 6) is 0.856. The van der Waals surface area contributed by atoms with E-state index in [1.54, 1.807) is 25.1 Å². The lowest BCUT2D eigenvalue weighted by atomic mass is 10.3. The molecule has 0 unspecified atom stereocenters. The molecular formula is C9H9N3OS. The van der Waals surface area contributed by atoms with E-state index in [0.29, 0.717) is 0 Å². The molecule has 0 saturated carbocycles. The lowest BCUT2D eigenvalue weighted by Crippen LogP contribution is -1.81. The van der Waals surface area contributed by atoms with E-state index in [4.69, 9.17) is 4.74 Å². The normalized spacial score (nSPS) is 10.1. The first-order chi connectivity index (χ1) is 6.88. The van der Waals surface area contributed by atoms with E-state index in [2.05, 4.69) is 15.4 Å². The number of H-pyrrole nitrogens is 1. The maximum absolute atomic E-state index is 5.06. The number of hydrogen-bond acceptors (Lipinski definition) is 4. The fourth-order valence-corrected chi connectivity index (χ4v) is 1.71. The Morgan fingerprint density at radius 1 is 1.29 bits per heavy atom. The molecule has 0 bridgehead atoms. The molecule has 1 aromatic carbocycles. The summed E-state index contributed by atoms with van der Waals surface area (Å²) in [4.78, 5) is 1.11. The molecular weight excluding hydrogens is 198 g/mol. The maximum atomic E-state index is 5.06. The van der Waals surface area contributed by atoms with E-state index in [0.717, 1.165) is 15.7 Å². The van der Waals surface area contributed by atoms with Crippen LogP contribution in [0, 0.1) is 0 Å². The molecule has 0 fully saturated rings. The van der Waals surface area contributed by atoms with Crippen LogP contribution in [-0.4, -0.2) is 22.5 Å². The Balaban J connectivity index is 2.10. The molecule has 14 heavy (non-hydrogen) atoms. The Kier molecular flexibility index (Phi) is 2.69. The Hall–Kier alpha value is -1.49. The van der Waals surface area contributed by atoms with Gasteiger partial charge in [-0.2, -0.15) is 10.3 Å². The van der Waals surface area contributed by atoms with Crippen LogP contribution in [0.3, 0.4) is 0 Å². The molecule has 0 spiro atoms. The zero-order valence-corrected chi connectivity index (χ0v) is 8.41. The van der Waals surface area contributed by atoms with E-state index < -0.39 is 0 Å². The smallest absolute Gasteiger partial charge is 0.143 e. The lowest BCUT2D eigenvalue weighted by Gasteiger charge is -2.00. The third kappa shape index (κ3) is 2.05. The molecule has 1 aromatic heterocycles. The second-order valence-electron chi connectivity index (χ2n) is 2.59. The molecule has 0 aliphatic rings. The minimum Gasteiger partial charge on any atom is -0.497 e. The van der Waals surface area contributed by atoms with Gasteiger partial charge >= 0.3 is 0 Å². The number of ether oxygens (including phenoxy) is 1. The van der Waals surface area contributed by atoms with Crippen molar-refractivity contribution in [2.45, 2.75) is 9.92 Å². The van der Waals surface area contributed by atoms with Crippen molar-refractivity contribution >= 4 is 11.8 Å². The van der Waals surface area contributed by atoms with Gasteiger partial charge in [0, 0.05) is 4.90 Å². The molecule has 5 heteroatoms. The summed E-state index contributed by atoms with van der Waals surface area (Å²) < 4.78 is 5.06. The zero-order valence-electron chi connectivity index (χ0n) is 7.60. The van der Waals surface area contributed by atoms with E-state index in [9.17, 15) is 0 Å². The van der Waals surface area contributed by atoms with Crippen LogP contribution in [0.4, 0.5) is 0 Å². The molecule has 0 atom stereocenters. The first kappa shape index (κ1) is 9.08. The highest BCUT2D eigenvalue weighted by molar-refractivity contribution is 7.99. The maximum Gasteiger partial charge on any atom is 0.143 e. The summed E-state index contributed by atoms with van der Waals surface area (Å²) in [5, 5.41) is 11.1. The standard InChI is InChI=1S/C9H9N3OS/c1-13-7-2-4-8(5-3-7)14-9-6-10-12-11-9/h2-6H,1H3,(H,10,11,12). The van der Waals surface area contributed by atoms with Gasteiger partial charge in [-0.05, 0) is 24.3 Å². The van der Waals surface area contributed by atoms with Gasteiger partial charge in [0.1, 0.15) is 10.8 Å². The average Bonchev–Trinajstić information content (AvgIpc) is 2.72. The quantitative estimate of drug-likeness (QED) is 0.836. The van der Waals surface area contributed by atoms with Gasteiger partial charge in [0.2, 0.25) is 0 Å². The van der Waals surface area contributed by atoms with Crippen LogP contribution in [0.15, 0.2) is 40.4 Å². The molecule has 1 N–H and O–H groups in total. The molecule has 2 rings (SSSR count). The number of aromatic nitrogens is 3. The Bertz CT molecular complexity index is 385. The second-order valence-corrected chi connectivity index (χ2v) is 3.68. The first-order valence-corrected chi connectivity index (χ1v) is 4.88. The van der Waals surface area contributed by atoms with Crippen molar-refractivity contribution in [3.05, 3.63) is 30.5 Å². The number of methoxy groups -OCH3 is 1. The summed E-state index contributed by atoms with van der Waals surface area (Å²) in [6.07, 6.45) is 1.69. The van der Waals surface area contributed by atoms with Crippen LogP contribution < -0.4 is 4.74 Å². The van der Waals surface area contributed by atoms with Gasteiger partial charge in [0.25, 0.3) is 0 Å². The van der Waals surface area contributed by atoms with E-state index in [1.165, 1.54) is 0 Å².